The maximum absolute atomic E-state index is 11.8. The number of thioether (sulfide) groups is 1. The molecule has 2 aliphatic heterocycles. The summed E-state index contributed by atoms with van der Waals surface area (Å²) in [6.45, 7) is 0. The number of fused-ring (bicyclic) bond motifs is 1. The molecule has 1 amide bonds. The summed E-state index contributed by atoms with van der Waals surface area (Å²) >= 11 is 1.27. The summed E-state index contributed by atoms with van der Waals surface area (Å²) in [7, 11) is 1.73. The van der Waals surface area contributed by atoms with Gasteiger partial charge in [0, 0.05) is 7.05 Å². The third-order valence-electron chi connectivity index (χ3n) is 2.67. The Morgan fingerprint density at radius 1 is 1.58 bits per heavy atom. The Bertz CT molecular complexity index is 624. The monoisotopic (exact) mass is 286 g/mol. The summed E-state index contributed by atoms with van der Waals surface area (Å²) in [4.78, 5) is 23.8. The zero-order valence-electron chi connectivity index (χ0n) is 10.2. The van der Waals surface area contributed by atoms with Gasteiger partial charge >= 0.3 is 29.6 Å². The second-order valence-electron chi connectivity index (χ2n) is 3.87. The van der Waals surface area contributed by atoms with Crippen LogP contribution in [0.4, 0.5) is 0 Å². The minimum Gasteiger partial charge on any atom is -0.543 e. The number of carbonyl (C=O) groups is 2. The molecule has 0 aromatic carbocycles. The number of hydrogen-bond acceptors (Lipinski definition) is 6. The van der Waals surface area contributed by atoms with Crippen molar-refractivity contribution in [2.24, 2.45) is 7.05 Å². The number of carboxylic acids is 1. The number of carboxylic acid groups (broad SMARTS) is 1. The van der Waals surface area contributed by atoms with Crippen molar-refractivity contribution in [3.8, 4) is 0 Å². The number of β-lactam (4-membered cyclic amide) rings is 1. The number of carbonyl (C=O) groups excluding carboxylic acids is 2. The minimum absolute atomic E-state index is 0. The molecule has 1 aromatic rings. The van der Waals surface area contributed by atoms with E-state index in [9.17, 15) is 14.7 Å². The molecule has 0 saturated carbocycles. The van der Waals surface area contributed by atoms with Crippen molar-refractivity contribution in [3.05, 3.63) is 28.6 Å². The molecule has 7 nitrogen and oxygen atoms in total. The van der Waals surface area contributed by atoms with E-state index in [4.69, 9.17) is 0 Å². The van der Waals surface area contributed by atoms with Crippen molar-refractivity contribution in [1.29, 1.82) is 0 Å². The molecule has 19 heavy (non-hydrogen) atoms. The van der Waals surface area contributed by atoms with Gasteiger partial charge in [0.05, 0.1) is 23.4 Å². The van der Waals surface area contributed by atoms with Gasteiger partial charge in [-0.05, 0) is 11.5 Å². The number of aliphatic carboxylic acids is 1. The van der Waals surface area contributed by atoms with Crippen LogP contribution in [0.3, 0.4) is 0 Å². The van der Waals surface area contributed by atoms with E-state index < -0.39 is 5.97 Å². The van der Waals surface area contributed by atoms with E-state index in [1.807, 2.05) is 0 Å². The second-order valence-corrected chi connectivity index (χ2v) is 4.83. The van der Waals surface area contributed by atoms with Gasteiger partial charge < -0.3 is 9.90 Å². The summed E-state index contributed by atoms with van der Waals surface area (Å²) < 4.78 is 1.53. The Labute approximate surface area is 134 Å². The number of aryl methyl sites for hydroxylation is 1. The number of rotatable bonds is 2. The zero-order valence-corrected chi connectivity index (χ0v) is 13.0. The summed E-state index contributed by atoms with van der Waals surface area (Å²) in [5.74, 6) is -1.66. The van der Waals surface area contributed by atoms with E-state index in [0.717, 1.165) is 0 Å². The largest absolute Gasteiger partial charge is 1.00 e. The minimum atomic E-state index is -1.34. The van der Waals surface area contributed by atoms with Crippen LogP contribution in [0.25, 0.3) is 6.08 Å². The maximum atomic E-state index is 11.8. The van der Waals surface area contributed by atoms with Gasteiger partial charge in [0.15, 0.2) is 0 Å². The van der Waals surface area contributed by atoms with Crippen molar-refractivity contribution >= 4 is 29.7 Å². The van der Waals surface area contributed by atoms with Crippen LogP contribution < -0.4 is 34.7 Å². The van der Waals surface area contributed by atoms with Crippen molar-refractivity contribution in [2.45, 2.75) is 5.37 Å². The van der Waals surface area contributed by atoms with Crippen LogP contribution in [0.15, 0.2) is 22.9 Å². The van der Waals surface area contributed by atoms with Gasteiger partial charge in [0.2, 0.25) is 0 Å². The van der Waals surface area contributed by atoms with E-state index in [0.29, 0.717) is 11.3 Å². The quantitative estimate of drug-likeness (QED) is 0.310. The van der Waals surface area contributed by atoms with Gasteiger partial charge in [-0.1, -0.05) is 5.21 Å². The van der Waals surface area contributed by atoms with Crippen LogP contribution in [-0.4, -0.2) is 37.1 Å². The molecule has 92 valence electrons. The smallest absolute Gasteiger partial charge is 0.543 e. The zero-order chi connectivity index (χ0) is 12.9. The van der Waals surface area contributed by atoms with Gasteiger partial charge in [-0.15, -0.1) is 16.9 Å². The van der Waals surface area contributed by atoms with E-state index >= 15 is 0 Å². The molecule has 0 bridgehead atoms. The van der Waals surface area contributed by atoms with Gasteiger partial charge in [-0.2, -0.15) is 0 Å². The number of aromatic nitrogens is 3. The normalized spacial score (nSPS) is 22.7. The van der Waals surface area contributed by atoms with Gasteiger partial charge in [-0.3, -0.25) is 14.4 Å². The molecule has 0 N–H and O–H groups in total. The number of amides is 1. The molecule has 0 radical (unpaired) electrons. The number of hydrogen-bond donors (Lipinski definition) is 0. The molecule has 1 saturated heterocycles. The van der Waals surface area contributed by atoms with Crippen LogP contribution in [0.5, 0.6) is 0 Å². The first-order valence-electron chi connectivity index (χ1n) is 5.06. The van der Waals surface area contributed by atoms with Crippen molar-refractivity contribution < 1.29 is 44.3 Å². The Morgan fingerprint density at radius 3 is 2.89 bits per heavy atom. The molecule has 3 rings (SSSR count). The van der Waals surface area contributed by atoms with Crippen molar-refractivity contribution in [2.75, 3.05) is 0 Å². The van der Waals surface area contributed by atoms with Crippen molar-refractivity contribution in [3.63, 3.8) is 0 Å². The molecule has 0 aliphatic carbocycles. The standard InChI is InChI=1S/C10H8N4O3S.Na/c1-13-3-5(11-12-13)2-6-8(15)14-7(10(16)17)4-18-9(6)14;/h2-4,9H,1H3,(H,16,17);/q;+1/p-1/b6-2-;. The SMILES string of the molecule is Cn1cc(/C=C2/C(=O)N3C(C(=O)[O-])=CSC23)nn1.[Na+]. The fourth-order valence-corrected chi connectivity index (χ4v) is 2.96. The van der Waals surface area contributed by atoms with Crippen molar-refractivity contribution in [1.82, 2.24) is 19.9 Å². The Kier molecular flexibility index (Phi) is 3.86. The molecular formula is C10H7N4NaO3S. The predicted octanol–water partition coefficient (Wildman–Crippen LogP) is -4.29. The Balaban J connectivity index is 0.00000133. The molecule has 1 fully saturated rings. The molecule has 1 aromatic heterocycles. The molecule has 2 aliphatic rings. The van der Waals surface area contributed by atoms with E-state index in [1.165, 1.54) is 26.8 Å². The van der Waals surface area contributed by atoms with Gasteiger partial charge in [0.1, 0.15) is 11.1 Å². The molecule has 0 spiro atoms. The van der Waals surface area contributed by atoms with Gasteiger partial charge in [-0.25, -0.2) is 0 Å². The Morgan fingerprint density at radius 2 is 2.32 bits per heavy atom. The van der Waals surface area contributed by atoms with Crippen LogP contribution >= 0.6 is 11.8 Å². The van der Waals surface area contributed by atoms with E-state index in [-0.39, 0.29) is 46.5 Å². The average molecular weight is 286 g/mol. The summed E-state index contributed by atoms with van der Waals surface area (Å²) in [5, 5.41) is 19.5. The van der Waals surface area contributed by atoms with Crippen LogP contribution in [0.1, 0.15) is 5.69 Å². The van der Waals surface area contributed by atoms with Crippen LogP contribution in [0, 0.1) is 0 Å². The van der Waals surface area contributed by atoms with Gasteiger partial charge in [0.25, 0.3) is 5.91 Å². The molecular weight excluding hydrogens is 279 g/mol. The van der Waals surface area contributed by atoms with Crippen LogP contribution in [0.2, 0.25) is 0 Å². The van der Waals surface area contributed by atoms with Crippen LogP contribution in [-0.2, 0) is 16.6 Å². The first-order chi connectivity index (χ1) is 8.58. The number of nitrogens with zero attached hydrogens (tertiary/aromatic N) is 4. The fourth-order valence-electron chi connectivity index (χ4n) is 1.85. The average Bonchev–Trinajstić information content (AvgIpc) is 2.89. The molecule has 3 heterocycles. The third-order valence-corrected chi connectivity index (χ3v) is 3.75. The first-order valence-corrected chi connectivity index (χ1v) is 6.00. The van der Waals surface area contributed by atoms with E-state index in [2.05, 4.69) is 10.3 Å². The molecule has 9 heteroatoms. The molecule has 1 atom stereocenters. The fraction of sp³-hybridized carbons (Fsp3) is 0.200. The summed E-state index contributed by atoms with van der Waals surface area (Å²) in [5.41, 5.74) is 1.02. The maximum Gasteiger partial charge on any atom is 1.00 e. The summed E-state index contributed by atoms with van der Waals surface area (Å²) in [6, 6.07) is 0. The third kappa shape index (κ3) is 2.25. The Hall–Kier alpha value is -1.09. The molecule has 1 unspecified atom stereocenters. The first kappa shape index (κ1) is 14.3. The topological polar surface area (TPSA) is 91.2 Å². The predicted molar refractivity (Wildman–Crippen MR) is 60.3 cm³/mol. The van der Waals surface area contributed by atoms with E-state index in [1.54, 1.807) is 19.3 Å². The second kappa shape index (κ2) is 5.12. The summed E-state index contributed by atoms with van der Waals surface area (Å²) in [6.07, 6.45) is 3.30.